The molecule has 0 aliphatic carbocycles. The van der Waals surface area contributed by atoms with E-state index in [1.807, 2.05) is 27.2 Å². The molecular weight excluding hydrogens is 449 g/mol. The molecule has 1 fully saturated rings. The van der Waals surface area contributed by atoms with Crippen molar-refractivity contribution in [3.63, 3.8) is 0 Å². The van der Waals surface area contributed by atoms with E-state index in [9.17, 15) is 18.0 Å². The highest BCUT2D eigenvalue weighted by molar-refractivity contribution is 7.08. The van der Waals surface area contributed by atoms with Crippen LogP contribution in [0.5, 0.6) is 0 Å². The number of alkyl halides is 3. The Bertz CT molecular complexity index is 1040. The summed E-state index contributed by atoms with van der Waals surface area (Å²) in [5, 5.41) is 19.8. The molecule has 0 bridgehead atoms. The average molecular weight is 468 g/mol. The van der Waals surface area contributed by atoms with Gasteiger partial charge in [0.15, 0.2) is 0 Å². The average Bonchev–Trinajstić information content (AvgIpc) is 3.54. The summed E-state index contributed by atoms with van der Waals surface area (Å²) in [5.41, 5.74) is 2.84. The molecule has 32 heavy (non-hydrogen) atoms. The number of aromatic amines is 1. The molecule has 4 heterocycles. The Kier molecular flexibility index (Phi) is 7.41. The van der Waals surface area contributed by atoms with Crippen molar-refractivity contribution in [2.45, 2.75) is 25.1 Å². The molecule has 2 N–H and O–H groups in total. The van der Waals surface area contributed by atoms with E-state index in [2.05, 4.69) is 25.7 Å². The molecule has 13 heteroatoms. The fourth-order valence-electron chi connectivity index (χ4n) is 2.97. The molecule has 4 rings (SSSR count). The number of piperidine rings is 1. The van der Waals surface area contributed by atoms with E-state index in [0.29, 0.717) is 6.04 Å². The Balaban J connectivity index is 0.000000360. The lowest BCUT2D eigenvalue weighted by molar-refractivity contribution is -0.192. The molecule has 3 aromatic rings. The molecule has 0 spiro atoms. The molecule has 170 valence electrons. The van der Waals surface area contributed by atoms with Crippen molar-refractivity contribution < 1.29 is 27.9 Å². The van der Waals surface area contributed by atoms with Gasteiger partial charge in [-0.05, 0) is 30.4 Å². The van der Waals surface area contributed by atoms with E-state index < -0.39 is 12.1 Å². The number of imidazole rings is 1. The van der Waals surface area contributed by atoms with Crippen LogP contribution in [-0.2, 0) is 9.59 Å². The minimum atomic E-state index is -5.08. The minimum absolute atomic E-state index is 0.0330. The Hall–Kier alpha value is -3.48. The van der Waals surface area contributed by atoms with Gasteiger partial charge in [0.25, 0.3) is 0 Å². The summed E-state index contributed by atoms with van der Waals surface area (Å²) in [6, 6.07) is 2.34. The number of hydrogen-bond donors (Lipinski definition) is 2. The monoisotopic (exact) mass is 468 g/mol. The predicted octanol–water partition coefficient (Wildman–Crippen LogP) is 3.24. The summed E-state index contributed by atoms with van der Waals surface area (Å²) in [6.07, 6.45) is 5.32. The maximum Gasteiger partial charge on any atom is 0.490 e. The summed E-state index contributed by atoms with van der Waals surface area (Å²) in [6.45, 7) is 1.45. The number of amides is 1. The lowest BCUT2D eigenvalue weighted by Gasteiger charge is -2.31. The number of carboxylic acids is 1. The topological polar surface area (TPSA) is 117 Å². The molecule has 0 atom stereocenters. The molecule has 9 nitrogen and oxygen atoms in total. The van der Waals surface area contributed by atoms with E-state index >= 15 is 0 Å². The Morgan fingerprint density at radius 1 is 1.28 bits per heavy atom. The Morgan fingerprint density at radius 2 is 2.00 bits per heavy atom. The van der Waals surface area contributed by atoms with Crippen LogP contribution in [0.4, 0.5) is 13.2 Å². The molecule has 1 aliphatic rings. The van der Waals surface area contributed by atoms with Crippen LogP contribution >= 0.6 is 11.3 Å². The normalized spacial score (nSPS) is 14.9. The zero-order valence-electron chi connectivity index (χ0n) is 16.6. The molecule has 0 saturated carbocycles. The van der Waals surface area contributed by atoms with Gasteiger partial charge in [-0.25, -0.2) is 14.5 Å². The number of thiophene rings is 1. The summed E-state index contributed by atoms with van der Waals surface area (Å²) in [4.78, 5) is 29.9. The molecule has 1 aliphatic heterocycles. The third-order valence-corrected chi connectivity index (χ3v) is 5.33. The van der Waals surface area contributed by atoms with Crippen molar-refractivity contribution in [3.8, 4) is 11.3 Å². The van der Waals surface area contributed by atoms with Crippen LogP contribution in [-0.4, -0.2) is 66.1 Å². The van der Waals surface area contributed by atoms with Crippen molar-refractivity contribution >= 4 is 29.3 Å². The van der Waals surface area contributed by atoms with Gasteiger partial charge in [-0.15, -0.1) is 5.10 Å². The lowest BCUT2D eigenvalue weighted by Crippen LogP contribution is -2.38. The van der Waals surface area contributed by atoms with Crippen molar-refractivity contribution in [2.24, 2.45) is 0 Å². The molecule has 0 radical (unpaired) electrons. The maximum atomic E-state index is 12.3. The fourth-order valence-corrected chi connectivity index (χ4v) is 3.62. The van der Waals surface area contributed by atoms with Crippen molar-refractivity contribution in [2.75, 3.05) is 13.1 Å². The van der Waals surface area contributed by atoms with E-state index in [1.54, 1.807) is 36.0 Å². The minimum Gasteiger partial charge on any atom is -0.475 e. The smallest absolute Gasteiger partial charge is 0.475 e. The highest BCUT2D eigenvalue weighted by atomic mass is 32.1. The van der Waals surface area contributed by atoms with Crippen LogP contribution in [0.1, 0.15) is 24.6 Å². The zero-order chi connectivity index (χ0) is 23.1. The standard InChI is InChI=1S/C17H18N6OS.C2HF3O2/c24-17(2-1-14-9-18-12-19-14)22-6-3-15(4-7-22)23-10-16(20-21-23)13-5-8-25-11-13;3-2(4,5)1(6)7/h1-2,5,8-12,15H,3-4,6-7H2,(H,18,19);(H,6,7)/b2-1+;. The number of likely N-dealkylation sites (tertiary alicyclic amines) is 1. The number of halogens is 3. The van der Waals surface area contributed by atoms with Gasteiger partial charge in [-0.3, -0.25) is 4.79 Å². The van der Waals surface area contributed by atoms with Gasteiger partial charge >= 0.3 is 12.1 Å². The van der Waals surface area contributed by atoms with Crippen LogP contribution < -0.4 is 0 Å². The van der Waals surface area contributed by atoms with Crippen molar-refractivity contribution in [1.29, 1.82) is 0 Å². The molecule has 0 unspecified atom stereocenters. The summed E-state index contributed by atoms with van der Waals surface area (Å²) in [7, 11) is 0. The van der Waals surface area contributed by atoms with Crippen LogP contribution in [0.3, 0.4) is 0 Å². The molecule has 1 amide bonds. The summed E-state index contributed by atoms with van der Waals surface area (Å²) >= 11 is 1.65. The number of H-pyrrole nitrogens is 1. The number of carbonyl (C=O) groups is 2. The fraction of sp³-hybridized carbons (Fsp3) is 0.316. The third kappa shape index (κ3) is 6.26. The Labute approximate surface area is 184 Å². The third-order valence-electron chi connectivity index (χ3n) is 4.64. The quantitative estimate of drug-likeness (QED) is 0.568. The van der Waals surface area contributed by atoms with E-state index in [1.165, 1.54) is 0 Å². The van der Waals surface area contributed by atoms with Gasteiger partial charge < -0.3 is 15.0 Å². The molecule has 1 saturated heterocycles. The maximum absolute atomic E-state index is 12.3. The molecular formula is C19H19F3N6O3S. The summed E-state index contributed by atoms with van der Waals surface area (Å²) < 4.78 is 33.7. The zero-order valence-corrected chi connectivity index (χ0v) is 17.4. The van der Waals surface area contributed by atoms with Crippen LogP contribution in [0.25, 0.3) is 17.3 Å². The van der Waals surface area contributed by atoms with E-state index in [0.717, 1.165) is 42.9 Å². The summed E-state index contributed by atoms with van der Waals surface area (Å²) in [5.74, 6) is -2.72. The number of rotatable bonds is 4. The van der Waals surface area contributed by atoms with Crippen LogP contribution in [0.2, 0.25) is 0 Å². The number of aromatic nitrogens is 5. The second kappa shape index (κ2) is 10.2. The lowest BCUT2D eigenvalue weighted by atomic mass is 10.1. The van der Waals surface area contributed by atoms with Crippen molar-refractivity contribution in [1.82, 2.24) is 29.9 Å². The van der Waals surface area contributed by atoms with Gasteiger partial charge in [0.2, 0.25) is 5.91 Å². The largest absolute Gasteiger partial charge is 0.490 e. The van der Waals surface area contributed by atoms with Gasteiger partial charge in [0, 0.05) is 30.1 Å². The predicted molar refractivity (Wildman–Crippen MR) is 109 cm³/mol. The van der Waals surface area contributed by atoms with Gasteiger partial charge in [-0.2, -0.15) is 24.5 Å². The number of nitrogens with one attached hydrogen (secondary N) is 1. The van der Waals surface area contributed by atoms with Crippen molar-refractivity contribution in [3.05, 3.63) is 47.3 Å². The van der Waals surface area contributed by atoms with Crippen LogP contribution in [0.15, 0.2) is 41.6 Å². The number of aliphatic carboxylic acids is 1. The van der Waals surface area contributed by atoms with Crippen LogP contribution in [0, 0.1) is 0 Å². The van der Waals surface area contributed by atoms with Gasteiger partial charge in [-0.1, -0.05) is 5.21 Å². The first kappa shape index (κ1) is 23.2. The van der Waals surface area contributed by atoms with Gasteiger partial charge in [0.05, 0.1) is 30.5 Å². The highest BCUT2D eigenvalue weighted by Crippen LogP contribution is 2.25. The highest BCUT2D eigenvalue weighted by Gasteiger charge is 2.38. The number of nitrogens with zero attached hydrogens (tertiary/aromatic N) is 5. The SMILES string of the molecule is O=C(/C=C/c1cnc[nH]1)N1CCC(n2cc(-c3ccsc3)nn2)CC1.O=C(O)C(F)(F)F. The van der Waals surface area contributed by atoms with E-state index in [-0.39, 0.29) is 5.91 Å². The van der Waals surface area contributed by atoms with Gasteiger partial charge in [0.1, 0.15) is 5.69 Å². The second-order valence-electron chi connectivity index (χ2n) is 6.80. The molecule has 0 aromatic carbocycles. The first-order valence-corrected chi connectivity index (χ1v) is 10.4. The Morgan fingerprint density at radius 3 is 2.56 bits per heavy atom. The number of carbonyl (C=O) groups excluding carboxylic acids is 1. The first-order chi connectivity index (χ1) is 15.2. The molecule has 3 aromatic heterocycles. The first-order valence-electron chi connectivity index (χ1n) is 9.44. The number of carboxylic acid groups (broad SMARTS) is 1. The van der Waals surface area contributed by atoms with E-state index in [4.69, 9.17) is 9.90 Å². The number of hydrogen-bond acceptors (Lipinski definition) is 6. The second-order valence-corrected chi connectivity index (χ2v) is 7.58.